The van der Waals surface area contributed by atoms with E-state index >= 15 is 0 Å². The average molecular weight is 382 g/mol. The standard InChI is InChI=1S/C20H23N5OS/c1-13-11-16(22-23-19(13)26)18-17(14-7-5-4-6-8-14)21-20(27-18)25-10-9-15(12-25)24(2)3/h4-8,11,15H,9-10,12H2,1-3H3,(H,23,26). The zero-order valence-electron chi connectivity index (χ0n) is 15.8. The molecule has 1 fully saturated rings. The van der Waals surface area contributed by atoms with Crippen molar-refractivity contribution in [3.05, 3.63) is 52.3 Å². The third kappa shape index (κ3) is 3.52. The van der Waals surface area contributed by atoms with E-state index in [0.29, 0.717) is 11.6 Å². The van der Waals surface area contributed by atoms with Crippen molar-refractivity contribution in [1.29, 1.82) is 0 Å². The minimum Gasteiger partial charge on any atom is -0.346 e. The van der Waals surface area contributed by atoms with Gasteiger partial charge in [0.05, 0.1) is 10.6 Å². The molecule has 1 aliphatic rings. The van der Waals surface area contributed by atoms with Crippen LogP contribution in [0.15, 0.2) is 41.2 Å². The molecule has 3 heterocycles. The fourth-order valence-electron chi connectivity index (χ4n) is 3.36. The maximum atomic E-state index is 11.7. The predicted octanol–water partition coefficient (Wildman–Crippen LogP) is 3.01. The second-order valence-corrected chi connectivity index (χ2v) is 8.14. The van der Waals surface area contributed by atoms with Gasteiger partial charge in [-0.05, 0) is 33.5 Å². The Balaban J connectivity index is 1.78. The molecule has 2 aromatic heterocycles. The largest absolute Gasteiger partial charge is 0.346 e. The lowest BCUT2D eigenvalue weighted by Crippen LogP contribution is -2.31. The number of aromatic amines is 1. The highest BCUT2D eigenvalue weighted by molar-refractivity contribution is 7.19. The van der Waals surface area contributed by atoms with Crippen LogP contribution in [-0.4, -0.2) is 53.3 Å². The van der Waals surface area contributed by atoms with Crippen LogP contribution in [0.3, 0.4) is 0 Å². The molecule has 1 aliphatic heterocycles. The Morgan fingerprint density at radius 2 is 2.04 bits per heavy atom. The van der Waals surface area contributed by atoms with Gasteiger partial charge in [-0.15, -0.1) is 0 Å². The molecule has 27 heavy (non-hydrogen) atoms. The van der Waals surface area contributed by atoms with E-state index in [2.05, 4.69) is 46.2 Å². The third-order valence-corrected chi connectivity index (χ3v) is 6.19. The number of hydrogen-bond acceptors (Lipinski definition) is 6. The highest BCUT2D eigenvalue weighted by Gasteiger charge is 2.28. The number of thiazole rings is 1. The second-order valence-electron chi connectivity index (χ2n) is 7.16. The summed E-state index contributed by atoms with van der Waals surface area (Å²) in [6.07, 6.45) is 1.14. The van der Waals surface area contributed by atoms with Crippen molar-refractivity contribution in [2.45, 2.75) is 19.4 Å². The molecule has 1 saturated heterocycles. The van der Waals surface area contributed by atoms with Gasteiger partial charge in [0.1, 0.15) is 5.69 Å². The van der Waals surface area contributed by atoms with Crippen LogP contribution < -0.4 is 10.5 Å². The summed E-state index contributed by atoms with van der Waals surface area (Å²) in [5, 5.41) is 7.90. The third-order valence-electron chi connectivity index (χ3n) is 5.05. The van der Waals surface area contributed by atoms with Gasteiger partial charge in [0.25, 0.3) is 5.56 Å². The molecule has 1 aromatic carbocycles. The lowest BCUT2D eigenvalue weighted by atomic mass is 10.1. The van der Waals surface area contributed by atoms with Crippen LogP contribution in [0, 0.1) is 6.92 Å². The lowest BCUT2D eigenvalue weighted by Gasteiger charge is -2.19. The molecule has 0 saturated carbocycles. The molecule has 0 aliphatic carbocycles. The van der Waals surface area contributed by atoms with Crippen molar-refractivity contribution in [2.24, 2.45) is 0 Å². The van der Waals surface area contributed by atoms with Gasteiger partial charge in [-0.2, -0.15) is 5.10 Å². The van der Waals surface area contributed by atoms with Gasteiger partial charge in [-0.1, -0.05) is 41.7 Å². The number of H-pyrrole nitrogens is 1. The monoisotopic (exact) mass is 381 g/mol. The van der Waals surface area contributed by atoms with E-state index in [1.807, 2.05) is 24.3 Å². The van der Waals surface area contributed by atoms with E-state index in [4.69, 9.17) is 4.98 Å². The highest BCUT2D eigenvalue weighted by atomic mass is 32.1. The Morgan fingerprint density at radius 1 is 1.26 bits per heavy atom. The molecule has 0 spiro atoms. The molecular formula is C20H23N5OS. The molecular weight excluding hydrogens is 358 g/mol. The maximum absolute atomic E-state index is 11.7. The molecule has 1 atom stereocenters. The molecule has 0 bridgehead atoms. The van der Waals surface area contributed by atoms with Gasteiger partial charge < -0.3 is 9.80 Å². The normalized spacial score (nSPS) is 17.0. The Kier molecular flexibility index (Phi) is 4.80. The molecule has 4 rings (SSSR count). The van der Waals surface area contributed by atoms with Crippen molar-refractivity contribution < 1.29 is 0 Å². The van der Waals surface area contributed by atoms with Crippen LogP contribution >= 0.6 is 11.3 Å². The summed E-state index contributed by atoms with van der Waals surface area (Å²) in [5.41, 5.74) is 3.24. The summed E-state index contributed by atoms with van der Waals surface area (Å²) >= 11 is 1.64. The van der Waals surface area contributed by atoms with Crippen molar-refractivity contribution in [2.75, 3.05) is 32.1 Å². The first-order valence-corrected chi connectivity index (χ1v) is 9.89. The van der Waals surface area contributed by atoms with Gasteiger partial charge in [0.2, 0.25) is 0 Å². The summed E-state index contributed by atoms with van der Waals surface area (Å²) in [6.45, 7) is 3.78. The summed E-state index contributed by atoms with van der Waals surface area (Å²) in [7, 11) is 4.26. The van der Waals surface area contributed by atoms with Crippen molar-refractivity contribution in [3.8, 4) is 21.8 Å². The number of anilines is 1. The number of hydrogen-bond donors (Lipinski definition) is 1. The fraction of sp³-hybridized carbons (Fsp3) is 0.350. The van der Waals surface area contributed by atoms with E-state index in [1.165, 1.54) is 0 Å². The molecule has 0 radical (unpaired) electrons. The van der Waals surface area contributed by atoms with Crippen LogP contribution in [0.4, 0.5) is 5.13 Å². The molecule has 7 heteroatoms. The summed E-state index contributed by atoms with van der Waals surface area (Å²) in [6, 6.07) is 12.5. The minimum absolute atomic E-state index is 0.155. The zero-order valence-corrected chi connectivity index (χ0v) is 16.6. The number of likely N-dealkylation sites (N-methyl/N-ethyl adjacent to an activating group) is 1. The molecule has 140 valence electrons. The van der Waals surface area contributed by atoms with E-state index in [-0.39, 0.29) is 5.56 Å². The van der Waals surface area contributed by atoms with E-state index in [9.17, 15) is 4.79 Å². The quantitative estimate of drug-likeness (QED) is 0.753. The van der Waals surface area contributed by atoms with Crippen LogP contribution in [0.1, 0.15) is 12.0 Å². The van der Waals surface area contributed by atoms with Crippen molar-refractivity contribution >= 4 is 16.5 Å². The van der Waals surface area contributed by atoms with Crippen LogP contribution in [0.2, 0.25) is 0 Å². The Bertz CT molecular complexity index is 995. The number of aromatic nitrogens is 3. The molecule has 0 amide bonds. The first kappa shape index (κ1) is 17.9. The first-order chi connectivity index (χ1) is 13.0. The Hall–Kier alpha value is -2.51. The van der Waals surface area contributed by atoms with Gasteiger partial charge >= 0.3 is 0 Å². The van der Waals surface area contributed by atoms with Gasteiger partial charge in [0.15, 0.2) is 5.13 Å². The van der Waals surface area contributed by atoms with E-state index in [1.54, 1.807) is 18.3 Å². The molecule has 1 N–H and O–H groups in total. The van der Waals surface area contributed by atoms with E-state index in [0.717, 1.165) is 46.5 Å². The average Bonchev–Trinajstić information content (AvgIpc) is 3.32. The second kappa shape index (κ2) is 7.25. The number of nitrogens with zero attached hydrogens (tertiary/aromatic N) is 4. The zero-order chi connectivity index (χ0) is 19.0. The molecule has 1 unspecified atom stereocenters. The van der Waals surface area contributed by atoms with Crippen LogP contribution in [-0.2, 0) is 0 Å². The SMILES string of the molecule is Cc1cc(-c2sc(N3CCC(N(C)C)C3)nc2-c2ccccc2)n[nH]c1=O. The Morgan fingerprint density at radius 3 is 2.70 bits per heavy atom. The number of nitrogens with one attached hydrogen (secondary N) is 1. The maximum Gasteiger partial charge on any atom is 0.267 e. The number of benzene rings is 1. The van der Waals surface area contributed by atoms with Gasteiger partial charge in [-0.25, -0.2) is 10.1 Å². The molecule has 3 aromatic rings. The van der Waals surface area contributed by atoms with Gasteiger partial charge in [-0.3, -0.25) is 4.79 Å². The predicted molar refractivity (Wildman–Crippen MR) is 110 cm³/mol. The minimum atomic E-state index is -0.155. The molecule has 6 nitrogen and oxygen atoms in total. The first-order valence-electron chi connectivity index (χ1n) is 9.07. The van der Waals surface area contributed by atoms with Gasteiger partial charge in [0, 0.05) is 30.3 Å². The van der Waals surface area contributed by atoms with Crippen molar-refractivity contribution in [3.63, 3.8) is 0 Å². The Labute approximate surface area is 162 Å². The number of rotatable bonds is 4. The smallest absolute Gasteiger partial charge is 0.267 e. The highest BCUT2D eigenvalue weighted by Crippen LogP contribution is 2.40. The summed E-state index contributed by atoms with van der Waals surface area (Å²) in [5.74, 6) is 0. The number of aryl methyl sites for hydroxylation is 1. The summed E-state index contributed by atoms with van der Waals surface area (Å²) < 4.78 is 0. The van der Waals surface area contributed by atoms with E-state index < -0.39 is 0 Å². The topological polar surface area (TPSA) is 65.1 Å². The lowest BCUT2D eigenvalue weighted by molar-refractivity contribution is 0.315. The van der Waals surface area contributed by atoms with Crippen molar-refractivity contribution in [1.82, 2.24) is 20.1 Å². The van der Waals surface area contributed by atoms with Crippen LogP contribution in [0.25, 0.3) is 21.8 Å². The van der Waals surface area contributed by atoms with Crippen LogP contribution in [0.5, 0.6) is 0 Å². The fourth-order valence-corrected chi connectivity index (χ4v) is 4.45. The summed E-state index contributed by atoms with van der Waals surface area (Å²) in [4.78, 5) is 22.3.